The van der Waals surface area contributed by atoms with Crippen LogP contribution in [0.1, 0.15) is 24.2 Å². The molecule has 2 aromatic rings. The minimum absolute atomic E-state index is 0.00801. The van der Waals surface area contributed by atoms with Gasteiger partial charge in [-0.2, -0.15) is 5.10 Å². The Labute approximate surface area is 118 Å². The topological polar surface area (TPSA) is 29.9 Å². The van der Waals surface area contributed by atoms with E-state index < -0.39 is 17.7 Å². The van der Waals surface area contributed by atoms with Gasteiger partial charge in [0.05, 0.1) is 22.4 Å². The molecule has 2 rings (SSSR count). The summed E-state index contributed by atoms with van der Waals surface area (Å²) in [5.74, 6) is -1.14. The highest BCUT2D eigenvalue weighted by Gasteiger charge is 2.25. The van der Waals surface area contributed by atoms with E-state index in [1.54, 1.807) is 17.9 Å². The number of benzene rings is 1. The molecule has 0 aliphatic heterocycles. The van der Waals surface area contributed by atoms with Crippen LogP contribution in [0.2, 0.25) is 0 Å². The zero-order chi connectivity index (χ0) is 14.0. The van der Waals surface area contributed by atoms with Gasteiger partial charge in [-0.25, -0.2) is 8.78 Å². The summed E-state index contributed by atoms with van der Waals surface area (Å²) in [6.07, 6.45) is 1.61. The number of nitrogens with one attached hydrogen (secondary N) is 1. The molecule has 0 aliphatic rings. The zero-order valence-electron chi connectivity index (χ0n) is 10.6. The number of halogens is 3. The Morgan fingerprint density at radius 2 is 2.00 bits per heavy atom. The van der Waals surface area contributed by atoms with E-state index in [2.05, 4.69) is 26.3 Å². The maximum atomic E-state index is 14.0. The van der Waals surface area contributed by atoms with Gasteiger partial charge in [-0.3, -0.25) is 4.68 Å². The zero-order valence-corrected chi connectivity index (χ0v) is 12.2. The summed E-state index contributed by atoms with van der Waals surface area (Å²) in [7, 11) is 1.74. The summed E-state index contributed by atoms with van der Waals surface area (Å²) >= 11 is 3.37. The fourth-order valence-electron chi connectivity index (χ4n) is 2.07. The molecule has 0 bridgehead atoms. The van der Waals surface area contributed by atoms with Crippen LogP contribution in [-0.2, 0) is 7.05 Å². The summed E-state index contributed by atoms with van der Waals surface area (Å²) in [5, 5.41) is 7.18. The fourth-order valence-corrected chi connectivity index (χ4v) is 2.65. The van der Waals surface area contributed by atoms with E-state index in [9.17, 15) is 8.78 Å². The normalized spacial score (nSPS) is 12.7. The Balaban J connectivity index is 2.58. The third-order valence-corrected chi connectivity index (χ3v) is 3.52. The first-order chi connectivity index (χ1) is 9.06. The molecule has 3 nitrogen and oxygen atoms in total. The SMILES string of the molecule is CCNC(c1c(F)cccc1F)c1c(Br)cnn1C. The lowest BCUT2D eigenvalue weighted by molar-refractivity contribution is 0.492. The molecular weight excluding hydrogens is 316 g/mol. The first-order valence-electron chi connectivity index (χ1n) is 5.91. The van der Waals surface area contributed by atoms with Crippen molar-refractivity contribution >= 4 is 15.9 Å². The largest absolute Gasteiger partial charge is 0.305 e. The Morgan fingerprint density at radius 1 is 1.37 bits per heavy atom. The third kappa shape index (κ3) is 2.69. The average Bonchev–Trinajstić information content (AvgIpc) is 2.68. The molecule has 0 fully saturated rings. The van der Waals surface area contributed by atoms with Gasteiger partial charge in [0.2, 0.25) is 0 Å². The number of nitrogens with zero attached hydrogens (tertiary/aromatic N) is 2. The Morgan fingerprint density at radius 3 is 2.47 bits per heavy atom. The molecule has 0 saturated heterocycles. The Bertz CT molecular complexity index is 544. The maximum Gasteiger partial charge on any atom is 0.131 e. The van der Waals surface area contributed by atoms with Crippen LogP contribution in [0.3, 0.4) is 0 Å². The number of aryl methyl sites for hydroxylation is 1. The third-order valence-electron chi connectivity index (χ3n) is 2.91. The van der Waals surface area contributed by atoms with Crippen LogP contribution in [0.25, 0.3) is 0 Å². The lowest BCUT2D eigenvalue weighted by Gasteiger charge is -2.20. The second kappa shape index (κ2) is 5.79. The van der Waals surface area contributed by atoms with E-state index in [1.807, 2.05) is 6.92 Å². The van der Waals surface area contributed by atoms with E-state index in [0.717, 1.165) is 0 Å². The molecule has 0 radical (unpaired) electrons. The van der Waals surface area contributed by atoms with Gasteiger partial charge in [0.25, 0.3) is 0 Å². The molecule has 0 aliphatic carbocycles. The second-order valence-corrected chi connectivity index (χ2v) is 4.98. The first-order valence-corrected chi connectivity index (χ1v) is 6.70. The fraction of sp³-hybridized carbons (Fsp3) is 0.308. The van der Waals surface area contributed by atoms with Crippen LogP contribution in [0.5, 0.6) is 0 Å². The lowest BCUT2D eigenvalue weighted by Crippen LogP contribution is -2.26. The molecule has 1 heterocycles. The smallest absolute Gasteiger partial charge is 0.131 e. The van der Waals surface area contributed by atoms with Gasteiger partial charge in [-0.15, -0.1) is 0 Å². The van der Waals surface area contributed by atoms with Crippen molar-refractivity contribution in [1.29, 1.82) is 0 Å². The molecule has 0 amide bonds. The number of rotatable bonds is 4. The summed E-state index contributed by atoms with van der Waals surface area (Å²) in [4.78, 5) is 0. The van der Waals surface area contributed by atoms with Gasteiger partial charge in [-0.05, 0) is 34.6 Å². The molecule has 19 heavy (non-hydrogen) atoms. The molecule has 1 unspecified atom stereocenters. The monoisotopic (exact) mass is 329 g/mol. The molecule has 0 spiro atoms. The van der Waals surface area contributed by atoms with Crippen molar-refractivity contribution in [1.82, 2.24) is 15.1 Å². The highest BCUT2D eigenvalue weighted by molar-refractivity contribution is 9.10. The highest BCUT2D eigenvalue weighted by Crippen LogP contribution is 2.31. The van der Waals surface area contributed by atoms with Crippen LogP contribution < -0.4 is 5.32 Å². The molecule has 1 aromatic carbocycles. The maximum absolute atomic E-state index is 14.0. The van der Waals surface area contributed by atoms with Crippen molar-refractivity contribution in [2.45, 2.75) is 13.0 Å². The van der Waals surface area contributed by atoms with Gasteiger partial charge in [-0.1, -0.05) is 13.0 Å². The number of hydrogen-bond donors (Lipinski definition) is 1. The van der Waals surface area contributed by atoms with Crippen LogP contribution in [0, 0.1) is 11.6 Å². The van der Waals surface area contributed by atoms with E-state index in [-0.39, 0.29) is 5.56 Å². The molecule has 1 aromatic heterocycles. The molecule has 6 heteroatoms. The molecule has 1 atom stereocenters. The first kappa shape index (κ1) is 14.1. The highest BCUT2D eigenvalue weighted by atomic mass is 79.9. The van der Waals surface area contributed by atoms with Gasteiger partial charge in [0.1, 0.15) is 11.6 Å². The molecule has 0 saturated carbocycles. The predicted molar refractivity (Wildman–Crippen MR) is 72.8 cm³/mol. The van der Waals surface area contributed by atoms with Gasteiger partial charge >= 0.3 is 0 Å². The van der Waals surface area contributed by atoms with Crippen LogP contribution in [0.15, 0.2) is 28.9 Å². The van der Waals surface area contributed by atoms with E-state index in [4.69, 9.17) is 0 Å². The van der Waals surface area contributed by atoms with Crippen molar-refractivity contribution in [2.75, 3.05) is 6.54 Å². The van der Waals surface area contributed by atoms with E-state index in [1.165, 1.54) is 18.2 Å². The van der Waals surface area contributed by atoms with Gasteiger partial charge in [0, 0.05) is 12.6 Å². The van der Waals surface area contributed by atoms with E-state index >= 15 is 0 Å². The molecule has 1 N–H and O–H groups in total. The summed E-state index contributed by atoms with van der Waals surface area (Å²) in [6, 6.07) is 3.28. The molecule has 102 valence electrons. The summed E-state index contributed by atoms with van der Waals surface area (Å²) in [5.41, 5.74) is 0.694. The van der Waals surface area contributed by atoms with Gasteiger partial charge in [0.15, 0.2) is 0 Å². The molecular formula is C13H14BrF2N3. The van der Waals surface area contributed by atoms with Crippen LogP contribution in [-0.4, -0.2) is 16.3 Å². The van der Waals surface area contributed by atoms with E-state index in [0.29, 0.717) is 16.7 Å². The van der Waals surface area contributed by atoms with Crippen molar-refractivity contribution in [3.05, 3.63) is 51.8 Å². The van der Waals surface area contributed by atoms with Crippen molar-refractivity contribution in [3.8, 4) is 0 Å². The Kier molecular flexibility index (Phi) is 4.31. The van der Waals surface area contributed by atoms with Crippen LogP contribution in [0.4, 0.5) is 8.78 Å². The lowest BCUT2D eigenvalue weighted by atomic mass is 10.0. The minimum Gasteiger partial charge on any atom is -0.305 e. The summed E-state index contributed by atoms with van der Waals surface area (Å²) < 4.78 is 30.2. The second-order valence-electron chi connectivity index (χ2n) is 4.13. The van der Waals surface area contributed by atoms with Crippen LogP contribution >= 0.6 is 15.9 Å². The minimum atomic E-state index is -0.590. The number of hydrogen-bond acceptors (Lipinski definition) is 2. The van der Waals surface area contributed by atoms with Gasteiger partial charge < -0.3 is 5.32 Å². The summed E-state index contributed by atoms with van der Waals surface area (Å²) in [6.45, 7) is 2.46. The van der Waals surface area contributed by atoms with Crippen molar-refractivity contribution in [3.63, 3.8) is 0 Å². The predicted octanol–water partition coefficient (Wildman–Crippen LogP) is 3.16. The average molecular weight is 330 g/mol. The number of aromatic nitrogens is 2. The Hall–Kier alpha value is -1.27. The quantitative estimate of drug-likeness (QED) is 0.933. The van der Waals surface area contributed by atoms with Crippen molar-refractivity contribution < 1.29 is 8.78 Å². The standard InChI is InChI=1S/C13H14BrF2N3/c1-3-17-12(13-8(14)7-18-19(13)2)11-9(15)5-4-6-10(11)16/h4-7,12,17H,3H2,1-2H3. The van der Waals surface area contributed by atoms with Crippen molar-refractivity contribution in [2.24, 2.45) is 7.05 Å².